The monoisotopic (exact) mass is 383 g/mol. The van der Waals surface area contributed by atoms with Crippen molar-refractivity contribution in [1.82, 2.24) is 25.0 Å². The average Bonchev–Trinajstić information content (AvgIpc) is 3.47. The first-order chi connectivity index (χ1) is 13.5. The quantitative estimate of drug-likeness (QED) is 0.828. The Morgan fingerprint density at radius 2 is 2.11 bits per heavy atom. The molecule has 1 aliphatic heterocycles. The molecule has 0 bridgehead atoms. The van der Waals surface area contributed by atoms with Gasteiger partial charge in [0.15, 0.2) is 5.82 Å². The molecule has 7 nitrogen and oxygen atoms in total. The first kappa shape index (κ1) is 18.9. The van der Waals surface area contributed by atoms with Gasteiger partial charge in [-0.1, -0.05) is 12.1 Å². The van der Waals surface area contributed by atoms with Crippen LogP contribution in [0.15, 0.2) is 18.2 Å². The molecule has 0 unspecified atom stereocenters. The lowest BCUT2D eigenvalue weighted by atomic mass is 10.1. The van der Waals surface area contributed by atoms with Crippen LogP contribution in [0.1, 0.15) is 48.6 Å². The number of rotatable bonds is 6. The fraction of sp³-hybridized carbons (Fsp3) is 0.571. The van der Waals surface area contributed by atoms with Crippen molar-refractivity contribution in [3.63, 3.8) is 0 Å². The number of nitrogens with one attached hydrogen (secondary N) is 1. The molecule has 4 rings (SSSR count). The van der Waals surface area contributed by atoms with Crippen LogP contribution in [0.5, 0.6) is 5.75 Å². The van der Waals surface area contributed by atoms with Gasteiger partial charge in [0.05, 0.1) is 13.2 Å². The summed E-state index contributed by atoms with van der Waals surface area (Å²) in [5, 5.41) is 11.9. The maximum atomic E-state index is 12.1. The lowest BCUT2D eigenvalue weighted by molar-refractivity contribution is -0.123. The Hall–Kier alpha value is -2.41. The van der Waals surface area contributed by atoms with E-state index in [2.05, 4.69) is 44.0 Å². The van der Waals surface area contributed by atoms with E-state index in [1.165, 1.54) is 5.56 Å². The molecule has 0 spiro atoms. The Labute approximate surface area is 166 Å². The number of hydrogen-bond donors (Lipinski definition) is 1. The largest absolute Gasteiger partial charge is 0.496 e. The van der Waals surface area contributed by atoms with E-state index in [0.29, 0.717) is 0 Å². The van der Waals surface area contributed by atoms with Gasteiger partial charge in [0.2, 0.25) is 5.91 Å². The molecule has 2 heterocycles. The molecule has 1 amide bonds. The molecule has 1 aromatic carbocycles. The van der Waals surface area contributed by atoms with Crippen molar-refractivity contribution < 1.29 is 9.53 Å². The number of amides is 1. The fourth-order valence-electron chi connectivity index (χ4n) is 3.91. The van der Waals surface area contributed by atoms with Crippen LogP contribution in [0.3, 0.4) is 0 Å². The summed E-state index contributed by atoms with van der Waals surface area (Å²) in [4.78, 5) is 14.5. The molecule has 0 radical (unpaired) electrons. The number of aromatic nitrogens is 3. The molecular formula is C21H29N5O2. The highest BCUT2D eigenvalue weighted by molar-refractivity contribution is 5.81. The number of benzene rings is 1. The second-order valence-electron chi connectivity index (χ2n) is 7.96. The number of methoxy groups -OCH3 is 1. The number of hydrogen-bond acceptors (Lipinski definition) is 5. The van der Waals surface area contributed by atoms with Gasteiger partial charge in [-0.3, -0.25) is 9.69 Å². The van der Waals surface area contributed by atoms with Gasteiger partial charge in [0.1, 0.15) is 11.6 Å². The third-order valence-corrected chi connectivity index (χ3v) is 5.71. The Kier molecular flexibility index (Phi) is 5.35. The van der Waals surface area contributed by atoms with E-state index in [-0.39, 0.29) is 17.9 Å². The second-order valence-corrected chi connectivity index (χ2v) is 7.96. The number of aryl methyl sites for hydroxylation is 1. The van der Waals surface area contributed by atoms with E-state index >= 15 is 0 Å². The molecule has 2 aromatic rings. The minimum absolute atomic E-state index is 0.106. The van der Waals surface area contributed by atoms with Gasteiger partial charge in [-0.25, -0.2) is 0 Å². The number of nitrogens with zero attached hydrogens (tertiary/aromatic N) is 4. The first-order valence-electron chi connectivity index (χ1n) is 10.1. The van der Waals surface area contributed by atoms with E-state index in [9.17, 15) is 4.79 Å². The molecule has 2 aliphatic rings. The lowest BCUT2D eigenvalue weighted by Crippen LogP contribution is -2.31. The first-order valence-corrected chi connectivity index (χ1v) is 10.1. The van der Waals surface area contributed by atoms with Crippen molar-refractivity contribution in [3.05, 3.63) is 41.0 Å². The minimum atomic E-state index is -0.106. The predicted octanol–water partition coefficient (Wildman–Crippen LogP) is 2.24. The Balaban J connectivity index is 1.40. The zero-order valence-corrected chi connectivity index (χ0v) is 16.9. The molecule has 1 aliphatic carbocycles. The molecule has 28 heavy (non-hydrogen) atoms. The van der Waals surface area contributed by atoms with Gasteiger partial charge in [-0.05, 0) is 43.9 Å². The zero-order chi connectivity index (χ0) is 19.7. The molecular weight excluding hydrogens is 354 g/mol. The maximum absolute atomic E-state index is 12.1. The standard InChI is InChI=1S/C21H29N5O2/c1-14-12-16(4-7-18(14)28-3)13-25-9-8-19-23-24-20(26(19)11-10-25)15(2)22-21(27)17-5-6-17/h4,7,12,15,17H,5-6,8-11,13H2,1-3H3,(H,22,27)/t15-/m0/s1. The molecule has 1 aromatic heterocycles. The van der Waals surface area contributed by atoms with Crippen LogP contribution < -0.4 is 10.1 Å². The number of carbonyl (C=O) groups is 1. The van der Waals surface area contributed by atoms with Gasteiger partial charge in [0, 0.05) is 38.5 Å². The molecule has 150 valence electrons. The molecule has 1 N–H and O–H groups in total. The second kappa shape index (κ2) is 7.91. The van der Waals surface area contributed by atoms with Gasteiger partial charge in [0.25, 0.3) is 0 Å². The van der Waals surface area contributed by atoms with Crippen LogP contribution in [0.2, 0.25) is 0 Å². The summed E-state index contributed by atoms with van der Waals surface area (Å²) in [6.07, 6.45) is 2.89. The Morgan fingerprint density at radius 1 is 1.29 bits per heavy atom. The van der Waals surface area contributed by atoms with E-state index in [0.717, 1.165) is 68.4 Å². The van der Waals surface area contributed by atoms with Crippen molar-refractivity contribution >= 4 is 5.91 Å². The lowest BCUT2D eigenvalue weighted by Gasteiger charge is -2.21. The van der Waals surface area contributed by atoms with E-state index in [1.807, 2.05) is 13.0 Å². The SMILES string of the molecule is COc1ccc(CN2CCc3nnc([C@H](C)NC(=O)C4CC4)n3CC2)cc1C. The highest BCUT2D eigenvalue weighted by atomic mass is 16.5. The van der Waals surface area contributed by atoms with E-state index < -0.39 is 0 Å². The third kappa shape index (κ3) is 4.04. The van der Waals surface area contributed by atoms with Crippen LogP contribution in [-0.4, -0.2) is 45.8 Å². The Bertz CT molecular complexity index is 858. The molecule has 1 saturated carbocycles. The normalized spacial score (nSPS) is 18.2. The van der Waals surface area contributed by atoms with Crippen LogP contribution in [0.25, 0.3) is 0 Å². The third-order valence-electron chi connectivity index (χ3n) is 5.71. The van der Waals surface area contributed by atoms with Gasteiger partial charge < -0.3 is 14.6 Å². The predicted molar refractivity (Wildman–Crippen MR) is 106 cm³/mol. The smallest absolute Gasteiger partial charge is 0.223 e. The van der Waals surface area contributed by atoms with Gasteiger partial charge >= 0.3 is 0 Å². The molecule has 1 fully saturated rings. The van der Waals surface area contributed by atoms with Crippen molar-refractivity contribution in [2.75, 3.05) is 20.2 Å². The number of carbonyl (C=O) groups excluding carboxylic acids is 1. The van der Waals surface area contributed by atoms with Crippen LogP contribution in [0, 0.1) is 12.8 Å². The van der Waals surface area contributed by atoms with Gasteiger partial charge in [-0.2, -0.15) is 0 Å². The maximum Gasteiger partial charge on any atom is 0.223 e. The van der Waals surface area contributed by atoms with E-state index in [1.54, 1.807) is 7.11 Å². The van der Waals surface area contributed by atoms with Crippen LogP contribution in [-0.2, 0) is 24.3 Å². The highest BCUT2D eigenvalue weighted by Crippen LogP contribution is 2.29. The van der Waals surface area contributed by atoms with Gasteiger partial charge in [-0.15, -0.1) is 10.2 Å². The average molecular weight is 383 g/mol. The fourth-order valence-corrected chi connectivity index (χ4v) is 3.91. The minimum Gasteiger partial charge on any atom is -0.496 e. The summed E-state index contributed by atoms with van der Waals surface area (Å²) in [5.41, 5.74) is 2.45. The topological polar surface area (TPSA) is 72.3 Å². The summed E-state index contributed by atoms with van der Waals surface area (Å²) in [6, 6.07) is 6.27. The van der Waals surface area contributed by atoms with Crippen molar-refractivity contribution in [3.8, 4) is 5.75 Å². The van der Waals surface area contributed by atoms with Crippen molar-refractivity contribution in [2.24, 2.45) is 5.92 Å². The summed E-state index contributed by atoms with van der Waals surface area (Å²) in [5.74, 6) is 3.16. The van der Waals surface area contributed by atoms with E-state index in [4.69, 9.17) is 4.74 Å². The summed E-state index contributed by atoms with van der Waals surface area (Å²) in [6.45, 7) is 7.72. The zero-order valence-electron chi connectivity index (χ0n) is 16.9. The van der Waals surface area contributed by atoms with Crippen LogP contribution >= 0.6 is 0 Å². The number of ether oxygens (including phenoxy) is 1. The Morgan fingerprint density at radius 3 is 2.82 bits per heavy atom. The van der Waals surface area contributed by atoms with Crippen molar-refractivity contribution in [1.29, 1.82) is 0 Å². The number of fused-ring (bicyclic) bond motifs is 1. The summed E-state index contributed by atoms with van der Waals surface area (Å²) >= 11 is 0. The highest BCUT2D eigenvalue weighted by Gasteiger charge is 2.31. The summed E-state index contributed by atoms with van der Waals surface area (Å²) in [7, 11) is 1.71. The molecule has 0 saturated heterocycles. The summed E-state index contributed by atoms with van der Waals surface area (Å²) < 4.78 is 7.55. The molecule has 7 heteroatoms. The van der Waals surface area contributed by atoms with Crippen molar-refractivity contribution in [2.45, 2.75) is 52.2 Å². The van der Waals surface area contributed by atoms with Crippen LogP contribution in [0.4, 0.5) is 0 Å². The molecule has 1 atom stereocenters.